The van der Waals surface area contributed by atoms with Crippen molar-refractivity contribution in [1.82, 2.24) is 29.1 Å². The van der Waals surface area contributed by atoms with Crippen LogP contribution in [-0.4, -0.2) is 128 Å². The molecule has 2 aliphatic rings. The minimum absolute atomic E-state index is 0.167. The van der Waals surface area contributed by atoms with Crippen molar-refractivity contribution in [2.45, 2.75) is 56.0 Å². The number of aliphatic hydroxyl groups excluding tert-OH is 3. The normalized spacial score (nSPS) is 29.7. The van der Waals surface area contributed by atoms with Crippen LogP contribution in [0.4, 0.5) is 17.6 Å². The van der Waals surface area contributed by atoms with Gasteiger partial charge in [0.2, 0.25) is 5.95 Å². The molecule has 0 bridgehead atoms. The molecule has 344 valence electrons. The maximum Gasteiger partial charge on any atom is 0.490 e. The highest BCUT2D eigenvalue weighted by molar-refractivity contribution is 7.67. The molecule has 2 fully saturated rings. The third kappa shape index (κ3) is 12.4. The monoisotopic (exact) mass is 1000 g/mol. The van der Waals surface area contributed by atoms with Crippen LogP contribution in [0.2, 0.25) is 0 Å². The molecule has 5 heterocycles. The molecule has 41 heteroatoms. The zero-order chi connectivity index (χ0) is 45.8. The first-order valence-electron chi connectivity index (χ1n) is 15.8. The summed E-state index contributed by atoms with van der Waals surface area (Å²) in [6, 6.07) is 0. The standard InChI is InChI=1S/C20H33N9O26P6/c1-6-2-28(20(33)26-14(6)21)17-11(31)10(30)7(49-17)3-47-57(37,38)54-61(45,46)55-59(41,42)51-13-8(4-48-58(39,40)53-60(43,44)52-56(34,35)36)50-18(12(13)32)29-5-24-9-15(22)25-19(23)27-16(9)29/h2,5,7-8,10-13,17-18,30-32H,3-4H2,1H3,(H,37,38)(H,39,40)(H,41,42)(H,43,44)(H,45,46)(H2,21,26,33)(H2,34,35,36)(H4,22,23,25,27)/t7-,8-,10-,11-,12-,13-,17-,18-/m1/s1. The van der Waals surface area contributed by atoms with Crippen molar-refractivity contribution in [3.05, 3.63) is 28.6 Å². The molecule has 0 saturated carbocycles. The van der Waals surface area contributed by atoms with E-state index in [0.717, 1.165) is 21.7 Å². The van der Waals surface area contributed by atoms with Crippen molar-refractivity contribution in [3.8, 4) is 0 Å². The van der Waals surface area contributed by atoms with Crippen LogP contribution in [0.1, 0.15) is 18.0 Å². The van der Waals surface area contributed by atoms with E-state index in [1.54, 1.807) is 0 Å². The van der Waals surface area contributed by atoms with Gasteiger partial charge in [-0.3, -0.25) is 22.7 Å². The Morgan fingerprint density at radius 1 is 0.672 bits per heavy atom. The predicted octanol–water partition coefficient (Wildman–Crippen LogP) is -2.90. The van der Waals surface area contributed by atoms with Gasteiger partial charge in [0.1, 0.15) is 48.0 Å². The summed E-state index contributed by atoms with van der Waals surface area (Å²) in [5.74, 6) is -0.927. The molecule has 2 saturated heterocycles. The highest BCUT2D eigenvalue weighted by Crippen LogP contribution is 2.69. The van der Waals surface area contributed by atoms with Gasteiger partial charge in [0.15, 0.2) is 23.9 Å². The number of phosphoric ester groups is 3. The van der Waals surface area contributed by atoms with Crippen molar-refractivity contribution in [2.24, 2.45) is 0 Å². The molecule has 0 aromatic carbocycles. The van der Waals surface area contributed by atoms with Gasteiger partial charge in [-0.15, -0.1) is 0 Å². The maximum absolute atomic E-state index is 13.1. The Labute approximate surface area is 336 Å². The Balaban J connectivity index is 1.30. The summed E-state index contributed by atoms with van der Waals surface area (Å²) in [5.41, 5.74) is 15.7. The molecule has 0 radical (unpaired) electrons. The van der Waals surface area contributed by atoms with E-state index in [2.05, 4.69) is 46.2 Å². The third-order valence-electron chi connectivity index (χ3n) is 7.72. The van der Waals surface area contributed by atoms with Crippen LogP contribution < -0.4 is 22.9 Å². The van der Waals surface area contributed by atoms with Crippen LogP contribution in [0.25, 0.3) is 11.2 Å². The molecule has 3 aromatic rings. The summed E-state index contributed by atoms with van der Waals surface area (Å²) >= 11 is 0. The quantitative estimate of drug-likeness (QED) is 0.0568. The second kappa shape index (κ2) is 17.8. The van der Waals surface area contributed by atoms with Crippen LogP contribution >= 0.6 is 46.9 Å². The Morgan fingerprint density at radius 2 is 1.20 bits per heavy atom. The number of aryl methyl sites for hydroxylation is 1. The lowest BCUT2D eigenvalue weighted by molar-refractivity contribution is -0.0542. The number of anilines is 3. The minimum Gasteiger partial charge on any atom is -0.387 e. The molecule has 2 aliphatic heterocycles. The zero-order valence-corrected chi connectivity index (χ0v) is 35.2. The van der Waals surface area contributed by atoms with Gasteiger partial charge in [0.05, 0.1) is 19.5 Å². The summed E-state index contributed by atoms with van der Waals surface area (Å²) in [5, 5.41) is 32.0. The van der Waals surface area contributed by atoms with E-state index in [-0.39, 0.29) is 28.4 Å². The number of hydrogen-bond donors (Lipinski definition) is 13. The van der Waals surface area contributed by atoms with Gasteiger partial charge >= 0.3 is 52.6 Å². The zero-order valence-electron chi connectivity index (χ0n) is 29.8. The van der Waals surface area contributed by atoms with Crippen LogP contribution in [0, 0.1) is 6.92 Å². The summed E-state index contributed by atoms with van der Waals surface area (Å²) in [6.07, 6.45) is -14.2. The predicted molar refractivity (Wildman–Crippen MR) is 190 cm³/mol. The number of imidazole rings is 1. The molecule has 0 spiro atoms. The highest BCUT2D eigenvalue weighted by atomic mass is 31.3. The van der Waals surface area contributed by atoms with E-state index in [1.165, 1.54) is 6.92 Å². The van der Waals surface area contributed by atoms with Gasteiger partial charge in [-0.1, -0.05) is 0 Å². The van der Waals surface area contributed by atoms with Gasteiger partial charge in [0.25, 0.3) is 0 Å². The lowest BCUT2D eigenvalue weighted by Gasteiger charge is -2.24. The Morgan fingerprint density at radius 3 is 1.79 bits per heavy atom. The lowest BCUT2D eigenvalue weighted by atomic mass is 10.1. The van der Waals surface area contributed by atoms with Crippen LogP contribution in [0.15, 0.2) is 17.3 Å². The molecular weight excluding hydrogens is 968 g/mol. The fourth-order valence-corrected chi connectivity index (χ4v) is 12.1. The smallest absolute Gasteiger partial charge is 0.387 e. The summed E-state index contributed by atoms with van der Waals surface area (Å²) in [4.78, 5) is 94.8. The second-order valence-corrected chi connectivity index (χ2v) is 21.2. The van der Waals surface area contributed by atoms with Gasteiger partial charge in [-0.25, -0.2) is 37.2 Å². The van der Waals surface area contributed by atoms with E-state index in [1.807, 2.05) is 0 Å². The Hall–Kier alpha value is -2.55. The Bertz CT molecular complexity index is 2500. The number of rotatable bonds is 18. The molecule has 5 rings (SSSR count). The second-order valence-electron chi connectivity index (χ2n) is 12.2. The van der Waals surface area contributed by atoms with Crippen molar-refractivity contribution in [3.63, 3.8) is 0 Å². The molecule has 3 aromatic heterocycles. The average Bonchev–Trinajstić information content (AvgIpc) is 3.71. The van der Waals surface area contributed by atoms with Crippen LogP contribution in [0.5, 0.6) is 0 Å². The highest BCUT2D eigenvalue weighted by Gasteiger charge is 2.53. The first-order chi connectivity index (χ1) is 27.8. The van der Waals surface area contributed by atoms with Crippen molar-refractivity contribution in [1.29, 1.82) is 0 Å². The van der Waals surface area contributed by atoms with E-state index >= 15 is 0 Å². The molecule has 16 N–H and O–H groups in total. The van der Waals surface area contributed by atoms with Gasteiger partial charge in [-0.2, -0.15) is 32.2 Å². The van der Waals surface area contributed by atoms with Crippen LogP contribution in [-0.2, 0) is 67.7 Å². The lowest BCUT2D eigenvalue weighted by Crippen LogP contribution is -2.36. The topological polar surface area (TPSA) is 544 Å². The largest absolute Gasteiger partial charge is 0.490 e. The molecule has 5 unspecified atom stereocenters. The average molecular weight is 1000 g/mol. The molecular formula is C20H33N9O26P6. The van der Waals surface area contributed by atoms with Gasteiger partial charge < -0.3 is 76.2 Å². The third-order valence-corrected chi connectivity index (χ3v) is 15.8. The number of hydrogen-bond acceptors (Lipinski definition) is 26. The number of nitrogens with two attached hydrogens (primary N) is 3. The summed E-state index contributed by atoms with van der Waals surface area (Å²) in [7, 11) is -36.4. The number of nitrogen functional groups attached to an aromatic ring is 3. The van der Waals surface area contributed by atoms with Gasteiger partial charge in [-0.05, 0) is 6.92 Å². The van der Waals surface area contributed by atoms with Crippen molar-refractivity contribution in [2.75, 3.05) is 30.4 Å². The first-order valence-corrected chi connectivity index (χ1v) is 24.8. The number of aliphatic hydroxyl groups is 3. The molecule has 35 nitrogen and oxygen atoms in total. The number of aromatic nitrogens is 6. The first kappa shape index (κ1) is 49.5. The minimum atomic E-state index is -6.34. The summed E-state index contributed by atoms with van der Waals surface area (Å²) in [6.45, 7) is -1.30. The van der Waals surface area contributed by atoms with Crippen molar-refractivity contribution >= 4 is 75.7 Å². The number of fused-ring (bicyclic) bond motifs is 1. The Kier molecular flexibility index (Phi) is 14.4. The van der Waals surface area contributed by atoms with E-state index in [4.69, 9.17) is 41.0 Å². The number of nitrogens with zero attached hydrogens (tertiary/aromatic N) is 6. The van der Waals surface area contributed by atoms with Gasteiger partial charge in [0, 0.05) is 11.8 Å². The fraction of sp³-hybridized carbons (Fsp3) is 0.550. The fourth-order valence-electron chi connectivity index (χ4n) is 5.32. The number of ether oxygens (including phenoxy) is 2. The molecule has 0 amide bonds. The molecule has 61 heavy (non-hydrogen) atoms. The number of phosphoric acid groups is 6. The SMILES string of the molecule is Cc1cn([C@@H]2O[C@H](COP(=O)(O)OP(=O)(O)OP(=O)(O)O[C@H]3[C@@H](O)[C@H](n4cnc5c(N)nc(N)nc54)O[C@@H]3COP(=O)(O)OP(=O)(O)OP(=O)(O)O)[C@@H](O)[C@H]2O)c(=O)nc1N. The van der Waals surface area contributed by atoms with Crippen molar-refractivity contribution < 1.29 is 117 Å². The van der Waals surface area contributed by atoms with E-state index < -0.39 is 121 Å². The van der Waals surface area contributed by atoms with Crippen LogP contribution in [0.3, 0.4) is 0 Å². The van der Waals surface area contributed by atoms with E-state index in [9.17, 15) is 72.0 Å². The molecule has 0 aliphatic carbocycles. The van der Waals surface area contributed by atoms with E-state index in [0.29, 0.717) is 0 Å². The summed E-state index contributed by atoms with van der Waals surface area (Å²) < 4.78 is 115. The molecule has 13 atom stereocenters. The maximum atomic E-state index is 13.1.